The zero-order valence-corrected chi connectivity index (χ0v) is 11.5. The van der Waals surface area contributed by atoms with Gasteiger partial charge in [-0.05, 0) is 17.7 Å². The molecule has 0 aliphatic heterocycles. The molecule has 0 atom stereocenters. The Bertz CT molecular complexity index is 757. The first-order valence-electron chi connectivity index (χ1n) is 6.20. The first-order valence-corrected chi connectivity index (χ1v) is 7.08. The molecular formula is C16H11N3S. The first kappa shape index (κ1) is 12.5. The number of aromatic nitrogens is 2. The molecule has 96 valence electrons. The molecule has 0 saturated carbocycles. The SMILES string of the molecule is N#Cc1cc(-c2csc(Cc3ccccc3)n2)ccn1. The van der Waals surface area contributed by atoms with Crippen LogP contribution in [0.2, 0.25) is 0 Å². The van der Waals surface area contributed by atoms with E-state index in [0.29, 0.717) is 5.69 Å². The normalized spacial score (nSPS) is 10.2. The molecule has 0 unspecified atom stereocenters. The van der Waals surface area contributed by atoms with Gasteiger partial charge < -0.3 is 0 Å². The quantitative estimate of drug-likeness (QED) is 0.734. The van der Waals surface area contributed by atoms with Crippen LogP contribution in [0.1, 0.15) is 16.3 Å². The van der Waals surface area contributed by atoms with E-state index >= 15 is 0 Å². The molecule has 0 aliphatic carbocycles. The second-order valence-electron chi connectivity index (χ2n) is 4.33. The molecule has 0 fully saturated rings. The van der Waals surface area contributed by atoms with Crippen LogP contribution in [-0.2, 0) is 6.42 Å². The van der Waals surface area contributed by atoms with Crippen LogP contribution < -0.4 is 0 Å². The van der Waals surface area contributed by atoms with Crippen molar-refractivity contribution in [3.8, 4) is 17.3 Å². The van der Waals surface area contributed by atoms with Gasteiger partial charge in [-0.25, -0.2) is 9.97 Å². The number of nitriles is 1. The molecule has 0 aliphatic rings. The van der Waals surface area contributed by atoms with Crippen LogP contribution in [0.3, 0.4) is 0 Å². The van der Waals surface area contributed by atoms with Gasteiger partial charge in [-0.1, -0.05) is 30.3 Å². The smallest absolute Gasteiger partial charge is 0.141 e. The van der Waals surface area contributed by atoms with E-state index < -0.39 is 0 Å². The monoisotopic (exact) mass is 277 g/mol. The predicted octanol–water partition coefficient (Wildman–Crippen LogP) is 3.67. The van der Waals surface area contributed by atoms with Crippen molar-refractivity contribution in [3.05, 3.63) is 70.3 Å². The van der Waals surface area contributed by atoms with Gasteiger partial charge in [0.05, 0.1) is 10.7 Å². The molecule has 0 saturated heterocycles. The lowest BCUT2D eigenvalue weighted by molar-refractivity contribution is 1.14. The van der Waals surface area contributed by atoms with Crippen LogP contribution in [0.15, 0.2) is 54.0 Å². The van der Waals surface area contributed by atoms with E-state index in [0.717, 1.165) is 22.7 Å². The van der Waals surface area contributed by atoms with Crippen LogP contribution in [0.5, 0.6) is 0 Å². The highest BCUT2D eigenvalue weighted by Gasteiger charge is 2.06. The van der Waals surface area contributed by atoms with Crippen molar-refractivity contribution >= 4 is 11.3 Å². The Hall–Kier alpha value is -2.51. The van der Waals surface area contributed by atoms with Gasteiger partial charge in [0, 0.05) is 23.6 Å². The maximum Gasteiger partial charge on any atom is 0.141 e. The fraction of sp³-hybridized carbons (Fsp3) is 0.0625. The lowest BCUT2D eigenvalue weighted by atomic mass is 10.1. The average Bonchev–Trinajstić information content (AvgIpc) is 2.97. The van der Waals surface area contributed by atoms with E-state index in [4.69, 9.17) is 5.26 Å². The summed E-state index contributed by atoms with van der Waals surface area (Å²) in [7, 11) is 0. The number of hydrogen-bond donors (Lipinski definition) is 0. The van der Waals surface area contributed by atoms with E-state index in [1.807, 2.05) is 35.7 Å². The summed E-state index contributed by atoms with van der Waals surface area (Å²) in [6.07, 6.45) is 2.48. The van der Waals surface area contributed by atoms with Crippen molar-refractivity contribution in [2.45, 2.75) is 6.42 Å². The Morgan fingerprint density at radius 2 is 2.00 bits per heavy atom. The molecule has 2 heterocycles. The van der Waals surface area contributed by atoms with Gasteiger partial charge in [0.2, 0.25) is 0 Å². The molecule has 3 nitrogen and oxygen atoms in total. The van der Waals surface area contributed by atoms with E-state index in [9.17, 15) is 0 Å². The number of pyridine rings is 1. The largest absolute Gasteiger partial charge is 0.246 e. The fourth-order valence-electron chi connectivity index (χ4n) is 1.95. The minimum Gasteiger partial charge on any atom is -0.246 e. The van der Waals surface area contributed by atoms with Gasteiger partial charge >= 0.3 is 0 Å². The van der Waals surface area contributed by atoms with Crippen molar-refractivity contribution in [2.24, 2.45) is 0 Å². The van der Waals surface area contributed by atoms with Gasteiger partial charge in [0.15, 0.2) is 0 Å². The molecule has 2 aromatic heterocycles. The standard InChI is InChI=1S/C16H11N3S/c17-10-14-9-13(6-7-18-14)15-11-20-16(19-15)8-12-4-2-1-3-5-12/h1-7,9,11H,8H2. The molecule has 0 amide bonds. The zero-order valence-electron chi connectivity index (χ0n) is 10.7. The first-order chi connectivity index (χ1) is 9.85. The number of rotatable bonds is 3. The van der Waals surface area contributed by atoms with Crippen molar-refractivity contribution in [3.63, 3.8) is 0 Å². The summed E-state index contributed by atoms with van der Waals surface area (Å²) in [4.78, 5) is 8.60. The lowest BCUT2D eigenvalue weighted by Gasteiger charge is -1.97. The predicted molar refractivity (Wildman–Crippen MR) is 79.3 cm³/mol. The van der Waals surface area contributed by atoms with E-state index in [1.165, 1.54) is 5.56 Å². The highest BCUT2D eigenvalue weighted by atomic mass is 32.1. The maximum atomic E-state index is 8.88. The minimum absolute atomic E-state index is 0.417. The Kier molecular flexibility index (Phi) is 3.53. The minimum atomic E-state index is 0.417. The Labute approximate surface area is 121 Å². The molecule has 3 aromatic rings. The Morgan fingerprint density at radius 1 is 1.15 bits per heavy atom. The van der Waals surface area contributed by atoms with Gasteiger partial charge in [-0.15, -0.1) is 11.3 Å². The Morgan fingerprint density at radius 3 is 2.80 bits per heavy atom. The van der Waals surface area contributed by atoms with Crippen molar-refractivity contribution < 1.29 is 0 Å². The summed E-state index contributed by atoms with van der Waals surface area (Å²) in [6, 6.07) is 16.0. The van der Waals surface area contributed by atoms with E-state index in [1.54, 1.807) is 23.6 Å². The second-order valence-corrected chi connectivity index (χ2v) is 5.27. The second kappa shape index (κ2) is 5.64. The molecule has 1 aromatic carbocycles. The van der Waals surface area contributed by atoms with Crippen LogP contribution in [0, 0.1) is 11.3 Å². The summed E-state index contributed by atoms with van der Waals surface area (Å²) < 4.78 is 0. The van der Waals surface area contributed by atoms with Crippen molar-refractivity contribution in [2.75, 3.05) is 0 Å². The fourth-order valence-corrected chi connectivity index (χ4v) is 2.78. The molecule has 0 radical (unpaired) electrons. The molecule has 20 heavy (non-hydrogen) atoms. The summed E-state index contributed by atoms with van der Waals surface area (Å²) in [6.45, 7) is 0. The van der Waals surface area contributed by atoms with Gasteiger partial charge in [-0.3, -0.25) is 0 Å². The Balaban J connectivity index is 1.85. The summed E-state index contributed by atoms with van der Waals surface area (Å²) >= 11 is 1.64. The highest BCUT2D eigenvalue weighted by Crippen LogP contribution is 2.23. The van der Waals surface area contributed by atoms with Crippen LogP contribution in [0.25, 0.3) is 11.3 Å². The topological polar surface area (TPSA) is 49.6 Å². The average molecular weight is 277 g/mol. The maximum absolute atomic E-state index is 8.88. The van der Waals surface area contributed by atoms with Crippen LogP contribution >= 0.6 is 11.3 Å². The molecule has 0 bridgehead atoms. The van der Waals surface area contributed by atoms with Crippen LogP contribution in [0.4, 0.5) is 0 Å². The molecule has 3 rings (SSSR count). The van der Waals surface area contributed by atoms with Gasteiger partial charge in [0.1, 0.15) is 11.8 Å². The van der Waals surface area contributed by atoms with E-state index in [-0.39, 0.29) is 0 Å². The zero-order chi connectivity index (χ0) is 13.8. The molecule has 4 heteroatoms. The summed E-state index contributed by atoms with van der Waals surface area (Å²) in [5.74, 6) is 0. The van der Waals surface area contributed by atoms with E-state index in [2.05, 4.69) is 22.1 Å². The third-order valence-corrected chi connectivity index (χ3v) is 3.77. The number of thiazole rings is 1. The van der Waals surface area contributed by atoms with Gasteiger partial charge in [0.25, 0.3) is 0 Å². The number of benzene rings is 1. The third kappa shape index (κ3) is 2.73. The lowest BCUT2D eigenvalue weighted by Crippen LogP contribution is -1.88. The third-order valence-electron chi connectivity index (χ3n) is 2.92. The molecule has 0 N–H and O–H groups in total. The number of nitrogens with zero attached hydrogens (tertiary/aromatic N) is 3. The summed E-state index contributed by atoms with van der Waals surface area (Å²) in [5.41, 5.74) is 3.51. The molecule has 0 spiro atoms. The molecular weight excluding hydrogens is 266 g/mol. The number of hydrogen-bond acceptors (Lipinski definition) is 4. The van der Waals surface area contributed by atoms with Gasteiger partial charge in [-0.2, -0.15) is 5.26 Å². The van der Waals surface area contributed by atoms with Crippen molar-refractivity contribution in [1.82, 2.24) is 9.97 Å². The van der Waals surface area contributed by atoms with Crippen molar-refractivity contribution in [1.29, 1.82) is 5.26 Å². The van der Waals surface area contributed by atoms with Crippen LogP contribution in [-0.4, -0.2) is 9.97 Å². The summed E-state index contributed by atoms with van der Waals surface area (Å²) in [5, 5.41) is 12.0. The highest BCUT2D eigenvalue weighted by molar-refractivity contribution is 7.10.